The van der Waals surface area contributed by atoms with Gasteiger partial charge in [0.25, 0.3) is 0 Å². The lowest BCUT2D eigenvalue weighted by molar-refractivity contribution is 0.0999. The van der Waals surface area contributed by atoms with Gasteiger partial charge >= 0.3 is 0 Å². The van der Waals surface area contributed by atoms with E-state index in [-0.39, 0.29) is 23.0 Å². The summed E-state index contributed by atoms with van der Waals surface area (Å²) in [6, 6.07) is 8.83. The smallest absolute Gasteiger partial charge is 0.248 e. The minimum Gasteiger partial charge on any atom is -0.490 e. The normalized spacial score (nSPS) is 10.3. The van der Waals surface area contributed by atoms with Crippen LogP contribution in [0.4, 0.5) is 4.39 Å². The second kappa shape index (κ2) is 7.13. The van der Waals surface area contributed by atoms with Gasteiger partial charge in [-0.05, 0) is 36.8 Å². The van der Waals surface area contributed by atoms with Crippen molar-refractivity contribution in [3.8, 4) is 11.5 Å². The summed E-state index contributed by atoms with van der Waals surface area (Å²) in [5, 5.41) is 0.224. The number of halogens is 2. The molecule has 2 rings (SSSR count). The van der Waals surface area contributed by atoms with Crippen molar-refractivity contribution < 1.29 is 18.7 Å². The van der Waals surface area contributed by atoms with E-state index >= 15 is 0 Å². The third kappa shape index (κ3) is 3.89. The van der Waals surface area contributed by atoms with Crippen LogP contribution < -0.4 is 15.2 Å². The highest BCUT2D eigenvalue weighted by molar-refractivity contribution is 6.32. The maximum atomic E-state index is 12.9. The molecule has 4 nitrogen and oxygen atoms in total. The Labute approximate surface area is 132 Å². The lowest BCUT2D eigenvalue weighted by Gasteiger charge is -2.14. The SMILES string of the molecule is CCOc1cc(C(N)=O)cc(Cl)c1OCc1ccc(F)cc1. The Bertz CT molecular complexity index is 674. The average molecular weight is 324 g/mol. The van der Waals surface area contributed by atoms with Crippen molar-refractivity contribution in [2.75, 3.05) is 6.61 Å². The van der Waals surface area contributed by atoms with E-state index < -0.39 is 5.91 Å². The van der Waals surface area contributed by atoms with Gasteiger partial charge in [-0.1, -0.05) is 23.7 Å². The number of rotatable bonds is 6. The highest BCUT2D eigenvalue weighted by atomic mass is 35.5. The Morgan fingerprint density at radius 2 is 1.91 bits per heavy atom. The highest BCUT2D eigenvalue weighted by Crippen LogP contribution is 2.37. The Balaban J connectivity index is 2.25. The van der Waals surface area contributed by atoms with E-state index in [9.17, 15) is 9.18 Å². The predicted octanol–water partition coefficient (Wildman–Crippen LogP) is 3.56. The summed E-state index contributed by atoms with van der Waals surface area (Å²) in [7, 11) is 0. The molecule has 0 spiro atoms. The molecule has 0 atom stereocenters. The fraction of sp³-hybridized carbons (Fsp3) is 0.188. The van der Waals surface area contributed by atoms with Crippen LogP contribution in [0.3, 0.4) is 0 Å². The number of nitrogens with two attached hydrogens (primary N) is 1. The molecule has 0 radical (unpaired) electrons. The monoisotopic (exact) mass is 323 g/mol. The van der Waals surface area contributed by atoms with Gasteiger partial charge in [-0.3, -0.25) is 4.79 Å². The van der Waals surface area contributed by atoms with Gasteiger partial charge in [-0.2, -0.15) is 0 Å². The number of amides is 1. The van der Waals surface area contributed by atoms with Crippen LogP contribution in [0.1, 0.15) is 22.8 Å². The van der Waals surface area contributed by atoms with E-state index in [2.05, 4.69) is 0 Å². The largest absolute Gasteiger partial charge is 0.490 e. The molecule has 116 valence electrons. The van der Waals surface area contributed by atoms with E-state index in [1.165, 1.54) is 24.3 Å². The molecule has 2 aromatic rings. The molecule has 0 fully saturated rings. The first-order valence-electron chi connectivity index (χ1n) is 6.64. The van der Waals surface area contributed by atoms with Crippen LogP contribution in [0, 0.1) is 5.82 Å². The molecular formula is C16H15ClFNO3. The molecule has 0 unspecified atom stereocenters. The summed E-state index contributed by atoms with van der Waals surface area (Å²) in [5.74, 6) is -0.265. The molecular weight excluding hydrogens is 309 g/mol. The molecule has 0 aliphatic heterocycles. The van der Waals surface area contributed by atoms with Crippen molar-refractivity contribution in [3.63, 3.8) is 0 Å². The first-order valence-corrected chi connectivity index (χ1v) is 7.02. The zero-order valence-electron chi connectivity index (χ0n) is 11.9. The highest BCUT2D eigenvalue weighted by Gasteiger charge is 2.15. The number of primary amides is 1. The Kier molecular flexibility index (Phi) is 5.22. The molecule has 0 saturated carbocycles. The van der Waals surface area contributed by atoms with Gasteiger partial charge in [0.2, 0.25) is 5.91 Å². The number of carbonyl (C=O) groups excluding carboxylic acids is 1. The van der Waals surface area contributed by atoms with E-state index in [0.29, 0.717) is 18.1 Å². The van der Waals surface area contributed by atoms with Crippen LogP contribution in [0.15, 0.2) is 36.4 Å². The van der Waals surface area contributed by atoms with Crippen LogP contribution in [0.5, 0.6) is 11.5 Å². The van der Waals surface area contributed by atoms with Crippen LogP contribution in [-0.2, 0) is 6.61 Å². The number of ether oxygens (including phenoxy) is 2. The fourth-order valence-corrected chi connectivity index (χ4v) is 2.11. The zero-order chi connectivity index (χ0) is 16.1. The van der Waals surface area contributed by atoms with Crippen LogP contribution >= 0.6 is 11.6 Å². The lowest BCUT2D eigenvalue weighted by atomic mass is 10.2. The topological polar surface area (TPSA) is 61.5 Å². The molecule has 2 N–H and O–H groups in total. The standard InChI is InChI=1S/C16H15ClFNO3/c1-2-21-14-8-11(16(19)20)7-13(17)15(14)22-9-10-3-5-12(18)6-4-10/h3-8H,2,9H2,1H3,(H2,19,20). The van der Waals surface area contributed by atoms with Gasteiger partial charge < -0.3 is 15.2 Å². The van der Waals surface area contributed by atoms with Crippen molar-refractivity contribution >= 4 is 17.5 Å². The van der Waals surface area contributed by atoms with Crippen LogP contribution in [-0.4, -0.2) is 12.5 Å². The molecule has 0 saturated heterocycles. The summed E-state index contributed by atoms with van der Waals surface area (Å²) in [4.78, 5) is 11.3. The summed E-state index contributed by atoms with van der Waals surface area (Å²) in [6.07, 6.45) is 0. The molecule has 2 aromatic carbocycles. The molecule has 0 heterocycles. The maximum absolute atomic E-state index is 12.9. The second-order valence-electron chi connectivity index (χ2n) is 4.50. The third-order valence-electron chi connectivity index (χ3n) is 2.89. The van der Waals surface area contributed by atoms with E-state index in [1.807, 2.05) is 0 Å². The maximum Gasteiger partial charge on any atom is 0.248 e. The van der Waals surface area contributed by atoms with Crippen molar-refractivity contribution in [1.82, 2.24) is 0 Å². The Morgan fingerprint density at radius 3 is 2.50 bits per heavy atom. The van der Waals surface area contributed by atoms with Gasteiger partial charge in [-0.15, -0.1) is 0 Å². The lowest BCUT2D eigenvalue weighted by Crippen LogP contribution is -2.11. The van der Waals surface area contributed by atoms with Crippen LogP contribution in [0.2, 0.25) is 5.02 Å². The minimum atomic E-state index is -0.604. The molecule has 0 aliphatic carbocycles. The predicted molar refractivity (Wildman–Crippen MR) is 81.9 cm³/mol. The fourth-order valence-electron chi connectivity index (χ4n) is 1.85. The minimum absolute atomic E-state index is 0.190. The molecule has 22 heavy (non-hydrogen) atoms. The second-order valence-corrected chi connectivity index (χ2v) is 4.90. The summed E-state index contributed by atoms with van der Waals surface area (Å²) in [5.41, 5.74) is 6.26. The van der Waals surface area contributed by atoms with Gasteiger partial charge in [-0.25, -0.2) is 4.39 Å². The van der Waals surface area contributed by atoms with E-state index in [1.54, 1.807) is 19.1 Å². The van der Waals surface area contributed by atoms with Gasteiger partial charge in [0.05, 0.1) is 11.6 Å². The van der Waals surface area contributed by atoms with Crippen molar-refractivity contribution in [1.29, 1.82) is 0 Å². The van der Waals surface area contributed by atoms with Crippen molar-refractivity contribution in [3.05, 3.63) is 58.4 Å². The Hall–Kier alpha value is -2.27. The Morgan fingerprint density at radius 1 is 1.23 bits per heavy atom. The molecule has 6 heteroatoms. The summed E-state index contributed by atoms with van der Waals surface area (Å²) < 4.78 is 24.0. The summed E-state index contributed by atoms with van der Waals surface area (Å²) >= 11 is 6.13. The van der Waals surface area contributed by atoms with E-state index in [4.69, 9.17) is 26.8 Å². The molecule has 0 aromatic heterocycles. The zero-order valence-corrected chi connectivity index (χ0v) is 12.7. The average Bonchev–Trinajstić information content (AvgIpc) is 2.48. The molecule has 0 aliphatic rings. The number of hydrogen-bond acceptors (Lipinski definition) is 3. The van der Waals surface area contributed by atoms with Crippen LogP contribution in [0.25, 0.3) is 0 Å². The quantitative estimate of drug-likeness (QED) is 0.884. The number of benzene rings is 2. The van der Waals surface area contributed by atoms with Gasteiger partial charge in [0, 0.05) is 5.56 Å². The third-order valence-corrected chi connectivity index (χ3v) is 3.17. The number of hydrogen-bond donors (Lipinski definition) is 1. The molecule has 1 amide bonds. The van der Waals surface area contributed by atoms with Crippen molar-refractivity contribution in [2.45, 2.75) is 13.5 Å². The van der Waals surface area contributed by atoms with Crippen molar-refractivity contribution in [2.24, 2.45) is 5.73 Å². The van der Waals surface area contributed by atoms with E-state index in [0.717, 1.165) is 5.56 Å². The van der Waals surface area contributed by atoms with Gasteiger partial charge in [0.1, 0.15) is 12.4 Å². The first kappa shape index (κ1) is 16.1. The summed E-state index contributed by atoms with van der Waals surface area (Å²) in [6.45, 7) is 2.37. The number of carbonyl (C=O) groups is 1. The first-order chi connectivity index (χ1) is 10.5. The van der Waals surface area contributed by atoms with Gasteiger partial charge in [0.15, 0.2) is 11.5 Å². The molecule has 0 bridgehead atoms.